The third kappa shape index (κ3) is 2.44. The Hall–Kier alpha value is -1.42. The summed E-state index contributed by atoms with van der Waals surface area (Å²) >= 11 is 1.70. The minimum atomic E-state index is 0.110. The highest BCUT2D eigenvalue weighted by Gasteiger charge is 2.25. The maximum Gasteiger partial charge on any atom is 0.155 e. The van der Waals surface area contributed by atoms with Crippen molar-refractivity contribution in [2.24, 2.45) is 0 Å². The lowest BCUT2D eigenvalue weighted by Crippen LogP contribution is -2.20. The maximum atomic E-state index is 11.4. The van der Waals surface area contributed by atoms with Crippen molar-refractivity contribution in [1.82, 2.24) is 0 Å². The highest BCUT2D eigenvalue weighted by atomic mass is 32.2. The van der Waals surface area contributed by atoms with Gasteiger partial charge in [0, 0.05) is 36.3 Å². The van der Waals surface area contributed by atoms with Gasteiger partial charge < -0.3 is 9.80 Å². The number of nitrogens with zero attached hydrogens (tertiary/aromatic N) is 2. The second-order valence-corrected chi connectivity index (χ2v) is 6.35. The first-order valence-electron chi connectivity index (χ1n) is 7.25. The molecule has 1 saturated heterocycles. The highest BCUT2D eigenvalue weighted by Crippen LogP contribution is 2.47. The van der Waals surface area contributed by atoms with Crippen LogP contribution in [0.2, 0.25) is 0 Å². The molecular formula is C16H20N2OS. The molecule has 0 aromatic heterocycles. The number of carbonyl (C=O) groups excluding carboxylic acids is 1. The molecule has 0 bridgehead atoms. The van der Waals surface area contributed by atoms with Crippen LogP contribution in [0, 0.1) is 0 Å². The van der Waals surface area contributed by atoms with Crippen molar-refractivity contribution in [1.29, 1.82) is 0 Å². The van der Waals surface area contributed by atoms with Crippen LogP contribution in [0.5, 0.6) is 0 Å². The molecule has 0 N–H and O–H groups in total. The third-order valence-electron chi connectivity index (χ3n) is 3.83. The van der Waals surface area contributed by atoms with E-state index in [4.69, 9.17) is 0 Å². The van der Waals surface area contributed by atoms with E-state index in [9.17, 15) is 4.79 Å². The van der Waals surface area contributed by atoms with Crippen LogP contribution in [0.1, 0.15) is 26.7 Å². The summed E-state index contributed by atoms with van der Waals surface area (Å²) < 4.78 is 0. The average Bonchev–Trinajstić information content (AvgIpc) is 3.03. The summed E-state index contributed by atoms with van der Waals surface area (Å²) in [6.07, 6.45) is 4.32. The van der Waals surface area contributed by atoms with E-state index in [2.05, 4.69) is 34.9 Å². The quantitative estimate of drug-likeness (QED) is 0.792. The minimum Gasteiger partial charge on any atom is -0.371 e. The van der Waals surface area contributed by atoms with Crippen molar-refractivity contribution >= 4 is 28.9 Å². The van der Waals surface area contributed by atoms with Gasteiger partial charge in [-0.3, -0.25) is 4.79 Å². The summed E-state index contributed by atoms with van der Waals surface area (Å²) in [5.41, 5.74) is 2.55. The number of ketones is 1. The number of hydrogen-bond acceptors (Lipinski definition) is 4. The van der Waals surface area contributed by atoms with Gasteiger partial charge in [0.05, 0.1) is 10.7 Å². The normalized spacial score (nSPS) is 19.8. The van der Waals surface area contributed by atoms with Gasteiger partial charge in [-0.25, -0.2) is 0 Å². The maximum absolute atomic E-state index is 11.4. The molecule has 0 saturated carbocycles. The van der Waals surface area contributed by atoms with Crippen molar-refractivity contribution in [2.75, 3.05) is 29.4 Å². The molecule has 0 spiro atoms. The molecule has 3 rings (SSSR count). The van der Waals surface area contributed by atoms with Crippen LogP contribution in [0.15, 0.2) is 34.2 Å². The summed E-state index contributed by atoms with van der Waals surface area (Å²) in [5, 5.41) is 1.05. The van der Waals surface area contributed by atoms with Crippen molar-refractivity contribution in [2.45, 2.75) is 31.6 Å². The van der Waals surface area contributed by atoms with Gasteiger partial charge in [0.25, 0.3) is 0 Å². The molecule has 3 nitrogen and oxygen atoms in total. The molecule has 2 heterocycles. The van der Waals surface area contributed by atoms with Crippen LogP contribution >= 0.6 is 11.8 Å². The molecule has 0 amide bonds. The summed E-state index contributed by atoms with van der Waals surface area (Å²) in [4.78, 5) is 17.3. The van der Waals surface area contributed by atoms with Gasteiger partial charge in [-0.15, -0.1) is 0 Å². The zero-order valence-electron chi connectivity index (χ0n) is 12.1. The number of anilines is 2. The predicted octanol–water partition coefficient (Wildman–Crippen LogP) is 3.65. The molecule has 1 fully saturated rings. The summed E-state index contributed by atoms with van der Waals surface area (Å²) in [6.45, 7) is 6.96. The Kier molecular flexibility index (Phi) is 3.74. The van der Waals surface area contributed by atoms with E-state index in [-0.39, 0.29) is 5.78 Å². The molecule has 0 radical (unpaired) electrons. The van der Waals surface area contributed by atoms with Crippen molar-refractivity contribution in [3.63, 3.8) is 0 Å². The van der Waals surface area contributed by atoms with E-state index >= 15 is 0 Å². The van der Waals surface area contributed by atoms with E-state index < -0.39 is 0 Å². The van der Waals surface area contributed by atoms with E-state index in [1.165, 1.54) is 29.1 Å². The molecule has 0 aliphatic carbocycles. The minimum absolute atomic E-state index is 0.110. The zero-order chi connectivity index (χ0) is 14.1. The number of fused-ring (bicyclic) bond motifs is 1. The number of carbonyl (C=O) groups is 1. The topological polar surface area (TPSA) is 23.6 Å². The predicted molar refractivity (Wildman–Crippen MR) is 85.5 cm³/mol. The molecular weight excluding hydrogens is 268 g/mol. The van der Waals surface area contributed by atoms with E-state index in [1.807, 2.05) is 0 Å². The van der Waals surface area contributed by atoms with Crippen LogP contribution in [0.25, 0.3) is 0 Å². The van der Waals surface area contributed by atoms with Crippen LogP contribution < -0.4 is 9.80 Å². The molecule has 0 atom stereocenters. The summed E-state index contributed by atoms with van der Waals surface area (Å²) in [7, 11) is 0. The summed E-state index contributed by atoms with van der Waals surface area (Å²) in [6, 6.07) is 6.68. The third-order valence-corrected chi connectivity index (χ3v) is 4.94. The Morgan fingerprint density at radius 1 is 1.35 bits per heavy atom. The lowest BCUT2D eigenvalue weighted by atomic mass is 10.2. The Bertz CT molecular complexity index is 562. The van der Waals surface area contributed by atoms with Crippen LogP contribution in [0.4, 0.5) is 11.4 Å². The smallest absolute Gasteiger partial charge is 0.155 e. The van der Waals surface area contributed by atoms with Gasteiger partial charge in [-0.2, -0.15) is 0 Å². The monoisotopic (exact) mass is 288 g/mol. The van der Waals surface area contributed by atoms with Crippen molar-refractivity contribution in [3.05, 3.63) is 29.3 Å². The average molecular weight is 288 g/mol. The van der Waals surface area contributed by atoms with Crippen molar-refractivity contribution in [3.8, 4) is 0 Å². The molecule has 20 heavy (non-hydrogen) atoms. The zero-order valence-corrected chi connectivity index (χ0v) is 12.9. The lowest BCUT2D eigenvalue weighted by molar-refractivity contribution is -0.112. The first-order chi connectivity index (χ1) is 9.69. The number of allylic oxidation sites excluding steroid dienone is 1. The lowest BCUT2D eigenvalue weighted by Gasteiger charge is -2.22. The van der Waals surface area contributed by atoms with E-state index in [0.717, 1.165) is 24.7 Å². The van der Waals surface area contributed by atoms with E-state index in [0.29, 0.717) is 0 Å². The largest absolute Gasteiger partial charge is 0.371 e. The van der Waals surface area contributed by atoms with E-state index in [1.54, 1.807) is 24.8 Å². The molecule has 2 aliphatic heterocycles. The standard InChI is InChI=1S/C16H20N2OS/c1-3-18-14-11-13(17-8-4-5-9-17)6-7-15(14)20-16(18)10-12(2)19/h6-7,10-11H,3-5,8-9H2,1-2H3. The fourth-order valence-corrected chi connectivity index (χ4v) is 4.07. The summed E-state index contributed by atoms with van der Waals surface area (Å²) in [5.74, 6) is 0.110. The Morgan fingerprint density at radius 2 is 2.10 bits per heavy atom. The fraction of sp³-hybridized carbons (Fsp3) is 0.438. The second kappa shape index (κ2) is 5.52. The van der Waals surface area contributed by atoms with Gasteiger partial charge in [0.15, 0.2) is 5.78 Å². The fourth-order valence-electron chi connectivity index (χ4n) is 2.87. The number of thioether (sulfide) groups is 1. The van der Waals surface area contributed by atoms with Crippen LogP contribution in [0.3, 0.4) is 0 Å². The molecule has 1 aromatic rings. The first-order valence-corrected chi connectivity index (χ1v) is 8.07. The number of hydrogen-bond donors (Lipinski definition) is 0. The van der Waals surface area contributed by atoms with Gasteiger partial charge in [-0.05, 0) is 44.9 Å². The molecule has 2 aliphatic rings. The first kappa shape index (κ1) is 13.6. The Labute approximate surface area is 124 Å². The molecule has 4 heteroatoms. The number of benzene rings is 1. The van der Waals surface area contributed by atoms with Crippen molar-refractivity contribution < 1.29 is 4.79 Å². The molecule has 1 aromatic carbocycles. The van der Waals surface area contributed by atoms with Crippen LogP contribution in [-0.2, 0) is 4.79 Å². The SMILES string of the molecule is CCN1C(=CC(C)=O)Sc2ccc(N3CCCC3)cc21. The van der Waals surface area contributed by atoms with Crippen LogP contribution in [-0.4, -0.2) is 25.4 Å². The Morgan fingerprint density at radius 3 is 2.75 bits per heavy atom. The number of rotatable bonds is 3. The Balaban J connectivity index is 1.94. The van der Waals surface area contributed by atoms with Gasteiger partial charge in [0.2, 0.25) is 0 Å². The second-order valence-electron chi connectivity index (χ2n) is 5.29. The van der Waals surface area contributed by atoms with Gasteiger partial charge >= 0.3 is 0 Å². The molecule has 106 valence electrons. The van der Waals surface area contributed by atoms with Gasteiger partial charge in [0.1, 0.15) is 0 Å². The highest BCUT2D eigenvalue weighted by molar-refractivity contribution is 8.03. The molecule has 0 unspecified atom stereocenters. The van der Waals surface area contributed by atoms with Gasteiger partial charge in [-0.1, -0.05) is 11.8 Å².